The van der Waals surface area contributed by atoms with Crippen LogP contribution in [0.15, 0.2) is 41.5 Å². The highest BCUT2D eigenvalue weighted by atomic mass is 35.5. The quantitative estimate of drug-likeness (QED) is 0.805. The first kappa shape index (κ1) is 18.6. The van der Waals surface area contributed by atoms with Crippen molar-refractivity contribution < 1.29 is 14.6 Å². The predicted molar refractivity (Wildman–Crippen MR) is 112 cm³/mol. The summed E-state index contributed by atoms with van der Waals surface area (Å²) in [5.74, 6) is 1.75. The van der Waals surface area contributed by atoms with Gasteiger partial charge in [0.15, 0.2) is 11.5 Å². The van der Waals surface area contributed by atoms with Gasteiger partial charge in [0.1, 0.15) is 5.75 Å². The molecule has 1 atom stereocenters. The Morgan fingerprint density at radius 1 is 1.24 bits per heavy atom. The zero-order valence-corrected chi connectivity index (χ0v) is 17.3. The number of phenols is 1. The van der Waals surface area contributed by atoms with Crippen molar-refractivity contribution in [2.24, 2.45) is 5.10 Å². The molecule has 0 saturated carbocycles. The number of halogens is 1. The van der Waals surface area contributed by atoms with E-state index in [-0.39, 0.29) is 11.8 Å². The van der Waals surface area contributed by atoms with Crippen LogP contribution in [0, 0.1) is 0 Å². The number of benzene rings is 2. The molecule has 1 fully saturated rings. The molecule has 152 valence electrons. The summed E-state index contributed by atoms with van der Waals surface area (Å²) in [4.78, 5) is 2.31. The van der Waals surface area contributed by atoms with Gasteiger partial charge in [0.05, 0.1) is 18.9 Å². The number of hydrazone groups is 1. The summed E-state index contributed by atoms with van der Waals surface area (Å²) < 4.78 is 12.3. The van der Waals surface area contributed by atoms with Crippen LogP contribution in [-0.2, 0) is 0 Å². The van der Waals surface area contributed by atoms with Crippen molar-refractivity contribution in [3.05, 3.63) is 52.5 Å². The Balaban J connectivity index is 1.63. The third-order valence-electron chi connectivity index (χ3n) is 6.25. The van der Waals surface area contributed by atoms with Gasteiger partial charge in [-0.05, 0) is 31.3 Å². The SMILES string of the molecule is COc1cccc2c1OC1(CCN(C)CC1)N1N=C(c3cc(Cl)ccc3O)CC21. The number of piperidine rings is 1. The van der Waals surface area contributed by atoms with Gasteiger partial charge in [-0.25, -0.2) is 5.01 Å². The highest BCUT2D eigenvalue weighted by molar-refractivity contribution is 6.31. The number of hydrogen-bond donors (Lipinski definition) is 1. The summed E-state index contributed by atoms with van der Waals surface area (Å²) in [7, 11) is 3.80. The first-order valence-electron chi connectivity index (χ1n) is 9.91. The molecule has 6 nitrogen and oxygen atoms in total. The Kier molecular flexibility index (Phi) is 4.37. The monoisotopic (exact) mass is 413 g/mol. The van der Waals surface area contributed by atoms with Crippen LogP contribution in [0.4, 0.5) is 0 Å². The molecule has 3 aliphatic rings. The van der Waals surface area contributed by atoms with Crippen LogP contribution in [-0.4, -0.2) is 53.7 Å². The average molecular weight is 414 g/mol. The minimum atomic E-state index is -0.519. The molecular weight excluding hydrogens is 390 g/mol. The van der Waals surface area contributed by atoms with Crippen molar-refractivity contribution in [3.8, 4) is 17.2 Å². The molecule has 1 saturated heterocycles. The Labute approximate surface area is 175 Å². The first-order valence-corrected chi connectivity index (χ1v) is 10.3. The summed E-state index contributed by atoms with van der Waals surface area (Å²) >= 11 is 6.20. The summed E-state index contributed by atoms with van der Waals surface area (Å²) in [6.45, 7) is 1.86. The lowest BCUT2D eigenvalue weighted by molar-refractivity contribution is -0.148. The van der Waals surface area contributed by atoms with Crippen LogP contribution in [0.1, 0.15) is 36.4 Å². The van der Waals surface area contributed by atoms with Crippen molar-refractivity contribution >= 4 is 17.3 Å². The van der Waals surface area contributed by atoms with E-state index in [0.717, 1.165) is 48.7 Å². The van der Waals surface area contributed by atoms with Crippen LogP contribution in [0.3, 0.4) is 0 Å². The second-order valence-electron chi connectivity index (χ2n) is 8.00. The third kappa shape index (κ3) is 2.93. The molecule has 0 amide bonds. The van der Waals surface area contributed by atoms with E-state index in [1.807, 2.05) is 12.1 Å². The minimum Gasteiger partial charge on any atom is -0.507 e. The molecule has 5 rings (SSSR count). The average Bonchev–Trinajstić information content (AvgIpc) is 3.18. The Hall–Kier alpha value is -2.44. The molecule has 7 heteroatoms. The number of nitrogens with zero attached hydrogens (tertiary/aromatic N) is 3. The van der Waals surface area contributed by atoms with Gasteiger partial charge in [-0.3, -0.25) is 0 Å². The zero-order chi connectivity index (χ0) is 20.2. The maximum absolute atomic E-state index is 10.4. The second-order valence-corrected chi connectivity index (χ2v) is 8.44. The first-order chi connectivity index (χ1) is 14.0. The van der Waals surface area contributed by atoms with E-state index in [4.69, 9.17) is 26.2 Å². The van der Waals surface area contributed by atoms with Crippen molar-refractivity contribution in [2.75, 3.05) is 27.2 Å². The third-order valence-corrected chi connectivity index (χ3v) is 6.48. The highest BCUT2D eigenvalue weighted by Gasteiger charge is 2.52. The molecule has 2 aromatic rings. The molecule has 1 unspecified atom stereocenters. The molecule has 2 aromatic carbocycles. The number of likely N-dealkylation sites (tertiary alicyclic amines) is 1. The zero-order valence-electron chi connectivity index (χ0n) is 16.6. The van der Waals surface area contributed by atoms with Crippen molar-refractivity contribution in [2.45, 2.75) is 31.0 Å². The van der Waals surface area contributed by atoms with E-state index in [1.54, 1.807) is 25.3 Å². The lowest BCUT2D eigenvalue weighted by Crippen LogP contribution is -2.58. The lowest BCUT2D eigenvalue weighted by Gasteiger charge is -2.50. The fourth-order valence-electron chi connectivity index (χ4n) is 4.63. The minimum absolute atomic E-state index is 0.0330. The van der Waals surface area contributed by atoms with Crippen molar-refractivity contribution in [3.63, 3.8) is 0 Å². The molecule has 29 heavy (non-hydrogen) atoms. The lowest BCUT2D eigenvalue weighted by atomic mass is 9.90. The van der Waals surface area contributed by atoms with Crippen LogP contribution in [0.5, 0.6) is 17.2 Å². The number of para-hydroxylation sites is 1. The molecule has 0 bridgehead atoms. The predicted octanol–water partition coefficient (Wildman–Crippen LogP) is 4.02. The number of phenolic OH excluding ortho intramolecular Hbond substituents is 1. The van der Waals surface area contributed by atoms with Crippen LogP contribution < -0.4 is 9.47 Å². The highest BCUT2D eigenvalue weighted by Crippen LogP contribution is 2.53. The van der Waals surface area contributed by atoms with Crippen LogP contribution in [0.2, 0.25) is 5.02 Å². The molecule has 3 heterocycles. The maximum Gasteiger partial charge on any atom is 0.200 e. The van der Waals surface area contributed by atoms with Gasteiger partial charge in [-0.1, -0.05) is 23.7 Å². The number of aromatic hydroxyl groups is 1. The molecular formula is C22H24ClN3O3. The molecule has 1 spiro atoms. The normalized spacial score (nSPS) is 22.7. The van der Waals surface area contributed by atoms with Crippen LogP contribution >= 0.6 is 11.6 Å². The van der Waals surface area contributed by atoms with Gasteiger partial charge in [0, 0.05) is 48.5 Å². The smallest absolute Gasteiger partial charge is 0.200 e. The Bertz CT molecular complexity index is 985. The fraction of sp³-hybridized carbons (Fsp3) is 0.409. The van der Waals surface area contributed by atoms with E-state index < -0.39 is 5.72 Å². The fourth-order valence-corrected chi connectivity index (χ4v) is 4.80. The Morgan fingerprint density at radius 2 is 2.03 bits per heavy atom. The number of rotatable bonds is 2. The van der Waals surface area contributed by atoms with Gasteiger partial charge in [-0.15, -0.1) is 0 Å². The van der Waals surface area contributed by atoms with E-state index in [2.05, 4.69) is 23.0 Å². The van der Waals surface area contributed by atoms with E-state index in [0.29, 0.717) is 17.0 Å². The number of ether oxygens (including phenoxy) is 2. The van der Waals surface area contributed by atoms with Gasteiger partial charge < -0.3 is 19.5 Å². The number of methoxy groups -OCH3 is 1. The molecule has 0 radical (unpaired) electrons. The maximum atomic E-state index is 10.4. The van der Waals surface area contributed by atoms with Crippen molar-refractivity contribution in [1.82, 2.24) is 9.91 Å². The summed E-state index contributed by atoms with van der Waals surface area (Å²) in [5.41, 5.74) is 2.05. The summed E-state index contributed by atoms with van der Waals surface area (Å²) in [6.07, 6.45) is 2.36. The van der Waals surface area contributed by atoms with E-state index >= 15 is 0 Å². The van der Waals surface area contributed by atoms with Gasteiger partial charge >= 0.3 is 0 Å². The summed E-state index contributed by atoms with van der Waals surface area (Å²) in [6, 6.07) is 11.1. The topological polar surface area (TPSA) is 57.5 Å². The molecule has 0 aliphatic carbocycles. The van der Waals surface area contributed by atoms with Gasteiger partial charge in [0.2, 0.25) is 5.72 Å². The molecule has 3 aliphatic heterocycles. The van der Waals surface area contributed by atoms with E-state index in [9.17, 15) is 5.11 Å². The van der Waals surface area contributed by atoms with Gasteiger partial charge in [0.25, 0.3) is 0 Å². The largest absolute Gasteiger partial charge is 0.507 e. The second kappa shape index (κ2) is 6.82. The standard InChI is InChI=1S/C22H24ClN3O3/c1-25-10-8-22(9-11-25)26-18(15-4-3-5-20(28-2)21(15)29-22)13-17(24-26)16-12-14(23)6-7-19(16)27/h3-7,12,18,27H,8-11,13H2,1-2H3. The molecule has 1 N–H and O–H groups in total. The van der Waals surface area contributed by atoms with Crippen LogP contribution in [0.25, 0.3) is 0 Å². The Morgan fingerprint density at radius 3 is 2.79 bits per heavy atom. The summed E-state index contributed by atoms with van der Waals surface area (Å²) in [5, 5.41) is 18.1. The number of hydrogen-bond acceptors (Lipinski definition) is 6. The van der Waals surface area contributed by atoms with Crippen molar-refractivity contribution in [1.29, 1.82) is 0 Å². The van der Waals surface area contributed by atoms with Gasteiger partial charge in [-0.2, -0.15) is 5.10 Å². The number of fused-ring (bicyclic) bond motifs is 4. The van der Waals surface area contributed by atoms with E-state index in [1.165, 1.54) is 0 Å². The molecule has 0 aromatic heterocycles.